The summed E-state index contributed by atoms with van der Waals surface area (Å²) in [6.45, 7) is 11.6. The van der Waals surface area contributed by atoms with Gasteiger partial charge < -0.3 is 24.4 Å². The van der Waals surface area contributed by atoms with Crippen LogP contribution >= 0.6 is 0 Å². The molecule has 0 saturated carbocycles. The minimum atomic E-state index is -1.17. The van der Waals surface area contributed by atoms with E-state index < -0.39 is 41.1 Å². The topological polar surface area (TPSA) is 96.4 Å². The number of hydrogen-bond acceptors (Lipinski definition) is 6. The van der Waals surface area contributed by atoms with E-state index in [1.54, 1.807) is 11.0 Å². The lowest BCUT2D eigenvalue weighted by atomic mass is 9.65. The van der Waals surface area contributed by atoms with Crippen molar-refractivity contribution in [3.05, 3.63) is 61.2 Å². The van der Waals surface area contributed by atoms with Crippen LogP contribution in [0.25, 0.3) is 0 Å². The van der Waals surface area contributed by atoms with Crippen LogP contribution in [-0.4, -0.2) is 75.7 Å². The zero-order valence-corrected chi connectivity index (χ0v) is 21.8. The van der Waals surface area contributed by atoms with Crippen molar-refractivity contribution in [1.82, 2.24) is 9.80 Å². The minimum absolute atomic E-state index is 0.0352. The molecule has 6 atom stereocenters. The molecule has 3 aliphatic rings. The quantitative estimate of drug-likeness (QED) is 0.343. The molecule has 3 aliphatic heterocycles. The number of amides is 2. The predicted octanol–water partition coefficient (Wildman–Crippen LogP) is 2.86. The molecule has 200 valence electrons. The zero-order chi connectivity index (χ0) is 26.8. The first-order valence-corrected chi connectivity index (χ1v) is 13.2. The Labute approximate surface area is 218 Å². The molecule has 3 heterocycles. The SMILES string of the molecule is C=CCOC(=O)[C@@H]1[C@H]2C(=O)N([C@@H](CC)CO)C(C(=O)N(CC=C)Cc3ccccc3)C23CC[C@@]1(CC)O3. The molecule has 8 nitrogen and oxygen atoms in total. The second kappa shape index (κ2) is 10.8. The van der Waals surface area contributed by atoms with E-state index in [2.05, 4.69) is 13.2 Å². The molecule has 2 bridgehead atoms. The highest BCUT2D eigenvalue weighted by Gasteiger charge is 2.79. The van der Waals surface area contributed by atoms with Crippen molar-refractivity contribution in [2.45, 2.75) is 69.4 Å². The third-order valence-corrected chi connectivity index (χ3v) is 8.40. The summed E-state index contributed by atoms with van der Waals surface area (Å²) in [5.74, 6) is -2.77. The average molecular weight is 511 g/mol. The van der Waals surface area contributed by atoms with Gasteiger partial charge in [0.15, 0.2) is 0 Å². The number of carbonyl (C=O) groups excluding carboxylic acids is 3. The second-order valence-corrected chi connectivity index (χ2v) is 10.2. The molecular weight excluding hydrogens is 472 g/mol. The van der Waals surface area contributed by atoms with Crippen LogP contribution in [0.2, 0.25) is 0 Å². The molecule has 8 heteroatoms. The molecule has 2 amide bonds. The van der Waals surface area contributed by atoms with Gasteiger partial charge in [-0.2, -0.15) is 0 Å². The Morgan fingerprint density at radius 3 is 2.57 bits per heavy atom. The highest BCUT2D eigenvalue weighted by Crippen LogP contribution is 2.64. The number of benzene rings is 1. The third-order valence-electron chi connectivity index (χ3n) is 8.40. The van der Waals surface area contributed by atoms with E-state index in [0.717, 1.165) is 5.56 Å². The fourth-order valence-electron chi connectivity index (χ4n) is 6.70. The van der Waals surface area contributed by atoms with Crippen molar-refractivity contribution in [3.63, 3.8) is 0 Å². The number of fused-ring (bicyclic) bond motifs is 1. The van der Waals surface area contributed by atoms with Crippen LogP contribution in [0.5, 0.6) is 0 Å². The Kier molecular flexibility index (Phi) is 7.90. The fraction of sp³-hybridized carbons (Fsp3) is 0.552. The van der Waals surface area contributed by atoms with Gasteiger partial charge in [-0.15, -0.1) is 6.58 Å². The van der Waals surface area contributed by atoms with Crippen molar-refractivity contribution in [1.29, 1.82) is 0 Å². The van der Waals surface area contributed by atoms with E-state index in [9.17, 15) is 19.5 Å². The summed E-state index contributed by atoms with van der Waals surface area (Å²) in [7, 11) is 0. The smallest absolute Gasteiger partial charge is 0.313 e. The lowest BCUT2D eigenvalue weighted by molar-refractivity contribution is -0.163. The Morgan fingerprint density at radius 2 is 1.97 bits per heavy atom. The Balaban J connectivity index is 1.79. The summed E-state index contributed by atoms with van der Waals surface area (Å²) in [5, 5.41) is 10.2. The number of hydrogen-bond donors (Lipinski definition) is 1. The van der Waals surface area contributed by atoms with E-state index in [0.29, 0.717) is 32.2 Å². The molecule has 3 saturated heterocycles. The van der Waals surface area contributed by atoms with Crippen molar-refractivity contribution in [3.8, 4) is 0 Å². The van der Waals surface area contributed by atoms with E-state index >= 15 is 0 Å². The van der Waals surface area contributed by atoms with Crippen LogP contribution in [0.4, 0.5) is 0 Å². The highest BCUT2D eigenvalue weighted by molar-refractivity contribution is 5.98. The van der Waals surface area contributed by atoms with Gasteiger partial charge in [0.1, 0.15) is 24.2 Å². The molecular formula is C29H38N2O6. The van der Waals surface area contributed by atoms with Crippen LogP contribution in [0.15, 0.2) is 55.6 Å². The summed E-state index contributed by atoms with van der Waals surface area (Å²) in [6, 6.07) is 8.09. The number of aliphatic hydroxyl groups excluding tert-OH is 1. The molecule has 2 unspecified atom stereocenters. The van der Waals surface area contributed by atoms with Gasteiger partial charge in [0, 0.05) is 13.1 Å². The van der Waals surface area contributed by atoms with Gasteiger partial charge >= 0.3 is 5.97 Å². The van der Waals surface area contributed by atoms with Gasteiger partial charge in [0.05, 0.1) is 24.2 Å². The van der Waals surface area contributed by atoms with Gasteiger partial charge in [-0.05, 0) is 31.2 Å². The normalized spacial score (nSPS) is 30.6. The van der Waals surface area contributed by atoms with Gasteiger partial charge in [-0.3, -0.25) is 14.4 Å². The van der Waals surface area contributed by atoms with E-state index in [4.69, 9.17) is 9.47 Å². The summed E-state index contributed by atoms with van der Waals surface area (Å²) in [4.78, 5) is 45.1. The van der Waals surface area contributed by atoms with Crippen LogP contribution in [0.3, 0.4) is 0 Å². The Hall–Kier alpha value is -2.97. The number of rotatable bonds is 12. The first-order chi connectivity index (χ1) is 17.8. The zero-order valence-electron chi connectivity index (χ0n) is 21.8. The maximum atomic E-state index is 14.4. The van der Waals surface area contributed by atoms with Crippen LogP contribution in [0, 0.1) is 11.8 Å². The Bertz CT molecular complexity index is 1040. The van der Waals surface area contributed by atoms with E-state index in [-0.39, 0.29) is 31.6 Å². The maximum Gasteiger partial charge on any atom is 0.313 e. The number of ether oxygens (including phenoxy) is 2. The van der Waals surface area contributed by atoms with Crippen molar-refractivity contribution in [2.75, 3.05) is 19.8 Å². The summed E-state index contributed by atoms with van der Waals surface area (Å²) < 4.78 is 12.2. The van der Waals surface area contributed by atoms with Gasteiger partial charge in [0.25, 0.3) is 0 Å². The first kappa shape index (κ1) is 27.1. The average Bonchev–Trinajstić information content (AvgIpc) is 3.52. The fourth-order valence-corrected chi connectivity index (χ4v) is 6.70. The number of esters is 1. The summed E-state index contributed by atoms with van der Waals surface area (Å²) >= 11 is 0. The second-order valence-electron chi connectivity index (χ2n) is 10.2. The summed E-state index contributed by atoms with van der Waals surface area (Å²) in [5.41, 5.74) is -1.09. The molecule has 0 radical (unpaired) electrons. The van der Waals surface area contributed by atoms with Crippen molar-refractivity contribution >= 4 is 17.8 Å². The molecule has 1 N–H and O–H groups in total. The molecule has 37 heavy (non-hydrogen) atoms. The minimum Gasteiger partial charge on any atom is -0.461 e. The number of nitrogens with zero attached hydrogens (tertiary/aromatic N) is 2. The van der Waals surface area contributed by atoms with E-state index in [1.807, 2.05) is 44.2 Å². The largest absolute Gasteiger partial charge is 0.461 e. The molecule has 1 aromatic rings. The van der Waals surface area contributed by atoms with Gasteiger partial charge in [-0.1, -0.05) is 62.9 Å². The van der Waals surface area contributed by atoms with Gasteiger partial charge in [0.2, 0.25) is 11.8 Å². The first-order valence-electron chi connectivity index (χ1n) is 13.2. The molecule has 4 rings (SSSR count). The number of aliphatic hydroxyl groups is 1. The van der Waals surface area contributed by atoms with Crippen LogP contribution < -0.4 is 0 Å². The van der Waals surface area contributed by atoms with E-state index in [1.165, 1.54) is 11.0 Å². The van der Waals surface area contributed by atoms with Gasteiger partial charge in [-0.25, -0.2) is 0 Å². The lowest BCUT2D eigenvalue weighted by Gasteiger charge is -2.39. The number of likely N-dealkylation sites (tertiary alicyclic amines) is 1. The Morgan fingerprint density at radius 1 is 1.24 bits per heavy atom. The van der Waals surface area contributed by atoms with Crippen molar-refractivity contribution < 1.29 is 29.0 Å². The van der Waals surface area contributed by atoms with Crippen LogP contribution in [0.1, 0.15) is 45.1 Å². The summed E-state index contributed by atoms with van der Waals surface area (Å²) in [6.07, 6.45) is 5.16. The van der Waals surface area contributed by atoms with Crippen LogP contribution in [-0.2, 0) is 30.4 Å². The van der Waals surface area contributed by atoms with Crippen molar-refractivity contribution in [2.24, 2.45) is 11.8 Å². The third kappa shape index (κ3) is 4.30. The molecule has 1 spiro atoms. The highest BCUT2D eigenvalue weighted by atomic mass is 16.6. The maximum absolute atomic E-state index is 14.4. The number of carbonyl (C=O) groups is 3. The molecule has 0 aromatic heterocycles. The molecule has 3 fully saturated rings. The predicted molar refractivity (Wildman–Crippen MR) is 138 cm³/mol. The molecule has 1 aromatic carbocycles. The molecule has 0 aliphatic carbocycles. The monoisotopic (exact) mass is 510 g/mol. The lowest BCUT2D eigenvalue weighted by Crippen LogP contribution is -2.58. The standard InChI is InChI=1S/C29H38N2O6/c1-5-16-30(18-20-12-10-9-11-13-20)26(34)24-29-15-14-28(8-4,37-29)23(27(35)36-17-6-2)22(29)25(33)31(24)21(7-3)19-32/h5-6,9-13,21-24,32H,1-2,7-8,14-19H2,3-4H3/t21-,22-,23-,24?,28+,29?/m0/s1.